The molecule has 0 atom stereocenters. The van der Waals surface area contributed by atoms with E-state index in [9.17, 15) is 13.2 Å². The molecule has 1 rings (SSSR count). The van der Waals surface area contributed by atoms with Crippen LogP contribution in [-0.4, -0.2) is 4.98 Å². The van der Waals surface area contributed by atoms with Crippen molar-refractivity contribution in [3.63, 3.8) is 0 Å². The maximum atomic E-state index is 12.3. The minimum atomic E-state index is -4.46. The molecular weight excluding hydrogens is 197 g/mol. The molecule has 1 heterocycles. The van der Waals surface area contributed by atoms with Gasteiger partial charge in [-0.15, -0.1) is 0 Å². The van der Waals surface area contributed by atoms with Crippen molar-refractivity contribution < 1.29 is 13.2 Å². The molecule has 0 fully saturated rings. The summed E-state index contributed by atoms with van der Waals surface area (Å²) in [6, 6.07) is 1.18. The summed E-state index contributed by atoms with van der Waals surface area (Å²) in [4.78, 5) is 5.76. The lowest BCUT2D eigenvalue weighted by atomic mass is 10.1. The Balaban J connectivity index is 3.09. The zero-order valence-corrected chi connectivity index (χ0v) is 6.86. The van der Waals surface area contributed by atoms with Gasteiger partial charge in [-0.2, -0.15) is 13.2 Å². The number of aromatic nitrogens is 1. The van der Waals surface area contributed by atoms with Crippen molar-refractivity contribution >= 4 is 0 Å². The van der Waals surface area contributed by atoms with Gasteiger partial charge in [-0.25, -0.2) is 0 Å². The van der Waals surface area contributed by atoms with E-state index in [1.165, 1.54) is 12.3 Å². The molecule has 0 bridgehead atoms. The zero-order valence-electron chi connectivity index (χ0n) is 6.86. The van der Waals surface area contributed by atoms with Crippen LogP contribution in [0.4, 0.5) is 13.2 Å². The van der Waals surface area contributed by atoms with Crippen LogP contribution in [-0.2, 0) is 12.7 Å². The van der Waals surface area contributed by atoms with Crippen LogP contribution < -0.4 is 0 Å². The Kier molecular flexibility index (Phi) is 2.93. The van der Waals surface area contributed by atoms with Gasteiger partial charge in [0, 0.05) is 17.3 Å². The number of hydrogen-bond acceptors (Lipinski definition) is 2. The van der Waals surface area contributed by atoms with E-state index in [0.717, 1.165) is 0 Å². The Morgan fingerprint density at radius 3 is 2.79 bits per heavy atom. The van der Waals surface area contributed by atoms with Crippen LogP contribution in [0.1, 0.15) is 11.1 Å². The highest BCUT2D eigenvalue weighted by Gasteiger charge is 2.33. The van der Waals surface area contributed by atoms with E-state index in [-0.39, 0.29) is 12.1 Å². The van der Waals surface area contributed by atoms with E-state index < -0.39 is 11.7 Å². The van der Waals surface area contributed by atoms with Crippen LogP contribution in [0.15, 0.2) is 23.6 Å². The summed E-state index contributed by atoms with van der Waals surface area (Å²) in [5.74, 6) is 0. The molecule has 0 saturated carbocycles. The highest BCUT2D eigenvalue weighted by Crippen LogP contribution is 2.31. The van der Waals surface area contributed by atoms with Crippen LogP contribution in [0.5, 0.6) is 0 Å². The van der Waals surface area contributed by atoms with Gasteiger partial charge < -0.3 is 0 Å². The topological polar surface area (TPSA) is 61.7 Å². The summed E-state index contributed by atoms with van der Waals surface area (Å²) in [5.41, 5.74) is 7.04. The molecule has 1 aromatic heterocycles. The molecule has 74 valence electrons. The number of rotatable bonds is 2. The van der Waals surface area contributed by atoms with Gasteiger partial charge in [-0.3, -0.25) is 4.98 Å². The second kappa shape index (κ2) is 3.97. The van der Waals surface area contributed by atoms with Gasteiger partial charge in [0.25, 0.3) is 0 Å². The lowest BCUT2D eigenvalue weighted by molar-refractivity contribution is -0.138. The number of alkyl halides is 3. The first-order chi connectivity index (χ1) is 6.55. The van der Waals surface area contributed by atoms with Gasteiger partial charge in [-0.1, -0.05) is 5.11 Å². The molecule has 0 radical (unpaired) electrons. The first-order valence-corrected chi connectivity index (χ1v) is 3.56. The molecule has 0 aliphatic heterocycles. The molecule has 4 nitrogen and oxygen atoms in total. The molecule has 0 spiro atoms. The predicted molar refractivity (Wildman–Crippen MR) is 42.1 cm³/mol. The highest BCUT2D eigenvalue weighted by molar-refractivity contribution is 5.25. The number of azide groups is 1. The molecule has 0 aliphatic carbocycles. The molecule has 7 heteroatoms. The third-order valence-corrected chi connectivity index (χ3v) is 1.52. The number of pyridine rings is 1. The van der Waals surface area contributed by atoms with Gasteiger partial charge >= 0.3 is 6.18 Å². The number of nitrogens with zero attached hydrogens (tertiary/aromatic N) is 4. The monoisotopic (exact) mass is 202 g/mol. The molecule has 0 amide bonds. The van der Waals surface area contributed by atoms with Crippen LogP contribution in [0.25, 0.3) is 10.4 Å². The minimum absolute atomic E-state index is 0.0784. The molecule has 0 saturated heterocycles. The fourth-order valence-electron chi connectivity index (χ4n) is 0.924. The summed E-state index contributed by atoms with van der Waals surface area (Å²) in [6.07, 6.45) is -2.53. The van der Waals surface area contributed by atoms with E-state index >= 15 is 0 Å². The number of halogens is 3. The Bertz CT molecular complexity index is 367. The molecule has 0 unspecified atom stereocenters. The first-order valence-electron chi connectivity index (χ1n) is 3.56. The van der Waals surface area contributed by atoms with Gasteiger partial charge in [-0.05, 0) is 17.2 Å². The third kappa shape index (κ3) is 2.37. The summed E-state index contributed by atoms with van der Waals surface area (Å²) in [6.45, 7) is -0.326. The quantitative estimate of drug-likeness (QED) is 0.413. The van der Waals surface area contributed by atoms with Gasteiger partial charge in [0.2, 0.25) is 0 Å². The Hall–Kier alpha value is -1.75. The fourth-order valence-corrected chi connectivity index (χ4v) is 0.924. The smallest absolute Gasteiger partial charge is 0.264 e. The van der Waals surface area contributed by atoms with Crippen LogP contribution in [0.2, 0.25) is 0 Å². The lowest BCUT2D eigenvalue weighted by Crippen LogP contribution is -2.09. The largest absolute Gasteiger partial charge is 0.418 e. The van der Waals surface area contributed by atoms with Gasteiger partial charge in [0.05, 0.1) is 12.1 Å². The predicted octanol–water partition coefficient (Wildman–Crippen LogP) is 2.91. The molecule has 0 N–H and O–H groups in total. The Labute approximate surface area is 77.0 Å². The Morgan fingerprint density at radius 1 is 1.50 bits per heavy atom. The van der Waals surface area contributed by atoms with Crippen molar-refractivity contribution in [1.82, 2.24) is 4.98 Å². The second-order valence-electron chi connectivity index (χ2n) is 2.42. The standard InChI is InChI=1S/C7H5F3N4/c8-7(9,10)6-4-12-2-1-5(6)3-13-14-11/h1-2,4H,3H2. The minimum Gasteiger partial charge on any atom is -0.264 e. The van der Waals surface area contributed by atoms with E-state index in [1.807, 2.05) is 0 Å². The van der Waals surface area contributed by atoms with Gasteiger partial charge in [0.15, 0.2) is 0 Å². The maximum Gasteiger partial charge on any atom is 0.418 e. The highest BCUT2D eigenvalue weighted by atomic mass is 19.4. The van der Waals surface area contributed by atoms with E-state index in [4.69, 9.17) is 5.53 Å². The molecular formula is C7H5F3N4. The molecule has 0 aliphatic rings. The van der Waals surface area contributed by atoms with Crippen LogP contribution in [0, 0.1) is 0 Å². The summed E-state index contributed by atoms with van der Waals surface area (Å²) in [5, 5.41) is 3.07. The molecule has 14 heavy (non-hydrogen) atoms. The third-order valence-electron chi connectivity index (χ3n) is 1.52. The van der Waals surface area contributed by atoms with Crippen molar-refractivity contribution in [2.24, 2.45) is 5.11 Å². The van der Waals surface area contributed by atoms with Crippen molar-refractivity contribution in [1.29, 1.82) is 0 Å². The number of hydrogen-bond donors (Lipinski definition) is 0. The summed E-state index contributed by atoms with van der Waals surface area (Å²) in [7, 11) is 0. The van der Waals surface area contributed by atoms with Crippen LogP contribution >= 0.6 is 0 Å². The average molecular weight is 202 g/mol. The SMILES string of the molecule is [N-]=[N+]=NCc1ccncc1C(F)(F)F. The summed E-state index contributed by atoms with van der Waals surface area (Å²) < 4.78 is 36.9. The van der Waals surface area contributed by atoms with Gasteiger partial charge in [0.1, 0.15) is 0 Å². The lowest BCUT2D eigenvalue weighted by Gasteiger charge is -2.09. The van der Waals surface area contributed by atoms with Crippen molar-refractivity contribution in [3.8, 4) is 0 Å². The second-order valence-corrected chi connectivity index (χ2v) is 2.42. The van der Waals surface area contributed by atoms with E-state index in [2.05, 4.69) is 15.0 Å². The zero-order chi connectivity index (χ0) is 10.6. The van der Waals surface area contributed by atoms with E-state index in [1.54, 1.807) is 0 Å². The normalized spacial score (nSPS) is 10.8. The molecule has 0 aromatic carbocycles. The fraction of sp³-hybridized carbons (Fsp3) is 0.286. The van der Waals surface area contributed by atoms with Crippen molar-refractivity contribution in [2.45, 2.75) is 12.7 Å². The summed E-state index contributed by atoms with van der Waals surface area (Å²) >= 11 is 0. The first kappa shape index (κ1) is 10.3. The average Bonchev–Trinajstić information content (AvgIpc) is 2.14. The Morgan fingerprint density at radius 2 is 2.21 bits per heavy atom. The van der Waals surface area contributed by atoms with Crippen molar-refractivity contribution in [3.05, 3.63) is 40.0 Å². The van der Waals surface area contributed by atoms with E-state index in [0.29, 0.717) is 6.20 Å². The maximum absolute atomic E-state index is 12.3. The molecule has 1 aromatic rings. The van der Waals surface area contributed by atoms with Crippen LogP contribution in [0.3, 0.4) is 0 Å². The van der Waals surface area contributed by atoms with Crippen molar-refractivity contribution in [2.75, 3.05) is 0 Å².